The first-order valence-electron chi connectivity index (χ1n) is 7.83. The molecule has 1 aromatic carbocycles. The van der Waals surface area contributed by atoms with Crippen molar-refractivity contribution in [2.24, 2.45) is 0 Å². The Hall–Kier alpha value is -2.30. The summed E-state index contributed by atoms with van der Waals surface area (Å²) in [7, 11) is 0. The first-order chi connectivity index (χ1) is 10.7. The van der Waals surface area contributed by atoms with E-state index < -0.39 is 0 Å². The summed E-state index contributed by atoms with van der Waals surface area (Å²) in [4.78, 5) is 15.8. The minimum atomic E-state index is -0.109. The average Bonchev–Trinajstić information content (AvgIpc) is 3.06. The predicted octanol–water partition coefficient (Wildman–Crippen LogP) is 3.42. The fourth-order valence-corrected chi connectivity index (χ4v) is 2.25. The Kier molecular flexibility index (Phi) is 6.01. The van der Waals surface area contributed by atoms with Crippen molar-refractivity contribution < 1.29 is 4.79 Å². The van der Waals surface area contributed by atoms with Gasteiger partial charge in [-0.3, -0.25) is 0 Å². The monoisotopic (exact) mass is 300 g/mol. The maximum atomic E-state index is 11.8. The molecule has 1 heterocycles. The Balaban J connectivity index is 1.84. The fraction of sp³-hybridized carbons (Fsp3) is 0.412. The van der Waals surface area contributed by atoms with Gasteiger partial charge in [-0.25, -0.2) is 9.78 Å². The van der Waals surface area contributed by atoms with Crippen molar-refractivity contribution in [3.05, 3.63) is 48.5 Å². The highest BCUT2D eigenvalue weighted by Crippen LogP contribution is 2.15. The van der Waals surface area contributed by atoms with Gasteiger partial charge < -0.3 is 15.2 Å². The van der Waals surface area contributed by atoms with E-state index in [1.807, 2.05) is 42.0 Å². The topological polar surface area (TPSA) is 59.0 Å². The van der Waals surface area contributed by atoms with E-state index in [1.165, 1.54) is 0 Å². The molecule has 5 heteroatoms. The molecule has 1 unspecified atom stereocenters. The predicted molar refractivity (Wildman–Crippen MR) is 88.0 cm³/mol. The number of urea groups is 1. The molecule has 2 N–H and O–H groups in total. The van der Waals surface area contributed by atoms with Crippen molar-refractivity contribution in [2.75, 3.05) is 6.54 Å². The van der Waals surface area contributed by atoms with Gasteiger partial charge in [-0.1, -0.05) is 31.9 Å². The molecule has 5 nitrogen and oxygen atoms in total. The number of carbonyl (C=O) groups is 1. The highest BCUT2D eigenvalue weighted by atomic mass is 16.2. The number of carbonyl (C=O) groups excluding carboxylic acids is 1. The molecule has 0 saturated carbocycles. The lowest BCUT2D eigenvalue weighted by Crippen LogP contribution is -2.37. The van der Waals surface area contributed by atoms with Gasteiger partial charge in [0.2, 0.25) is 0 Å². The second kappa shape index (κ2) is 8.22. The molecule has 0 aliphatic heterocycles. The lowest BCUT2D eigenvalue weighted by molar-refractivity contribution is 0.237. The van der Waals surface area contributed by atoms with E-state index in [4.69, 9.17) is 0 Å². The van der Waals surface area contributed by atoms with Gasteiger partial charge in [0.15, 0.2) is 0 Å². The normalized spacial score (nSPS) is 11.9. The molecule has 0 bridgehead atoms. The van der Waals surface area contributed by atoms with Crippen molar-refractivity contribution >= 4 is 6.03 Å². The molecule has 0 aliphatic carbocycles. The Morgan fingerprint density at radius 2 is 2.05 bits per heavy atom. The first-order valence-corrected chi connectivity index (χ1v) is 7.83. The number of nitrogens with zero attached hydrogens (tertiary/aromatic N) is 2. The van der Waals surface area contributed by atoms with Crippen LogP contribution in [0.25, 0.3) is 5.69 Å². The van der Waals surface area contributed by atoms with Crippen LogP contribution in [-0.4, -0.2) is 22.1 Å². The summed E-state index contributed by atoms with van der Waals surface area (Å²) in [6, 6.07) is 7.96. The van der Waals surface area contributed by atoms with E-state index in [1.54, 1.807) is 12.5 Å². The van der Waals surface area contributed by atoms with Crippen LogP contribution in [0, 0.1) is 0 Å². The molecule has 0 saturated heterocycles. The molecule has 0 fully saturated rings. The Labute approximate surface area is 131 Å². The van der Waals surface area contributed by atoms with Crippen LogP contribution in [0.1, 0.15) is 44.7 Å². The summed E-state index contributed by atoms with van der Waals surface area (Å²) < 4.78 is 1.95. The molecule has 0 radical (unpaired) electrons. The summed E-state index contributed by atoms with van der Waals surface area (Å²) in [5.74, 6) is 0. The molecule has 2 amide bonds. The van der Waals surface area contributed by atoms with E-state index in [0.29, 0.717) is 0 Å². The Morgan fingerprint density at radius 3 is 2.68 bits per heavy atom. The summed E-state index contributed by atoms with van der Waals surface area (Å²) in [5, 5.41) is 5.85. The summed E-state index contributed by atoms with van der Waals surface area (Å²) >= 11 is 0. The van der Waals surface area contributed by atoms with Gasteiger partial charge >= 0.3 is 6.03 Å². The molecule has 1 atom stereocenters. The van der Waals surface area contributed by atoms with Crippen LogP contribution in [-0.2, 0) is 0 Å². The van der Waals surface area contributed by atoms with E-state index in [2.05, 4.69) is 22.5 Å². The number of nitrogens with one attached hydrogen (secondary N) is 2. The van der Waals surface area contributed by atoms with Gasteiger partial charge in [0.05, 0.1) is 12.4 Å². The molecule has 0 spiro atoms. The second-order valence-corrected chi connectivity index (χ2v) is 5.39. The first kappa shape index (κ1) is 16.1. The number of imidazole rings is 1. The zero-order chi connectivity index (χ0) is 15.8. The van der Waals surface area contributed by atoms with Gasteiger partial charge in [0, 0.05) is 24.6 Å². The van der Waals surface area contributed by atoms with Crippen molar-refractivity contribution in [1.29, 1.82) is 0 Å². The maximum Gasteiger partial charge on any atom is 0.315 e. The van der Waals surface area contributed by atoms with E-state index in [-0.39, 0.29) is 12.1 Å². The number of hydrogen-bond acceptors (Lipinski definition) is 2. The summed E-state index contributed by atoms with van der Waals surface area (Å²) in [6.45, 7) is 4.86. The van der Waals surface area contributed by atoms with Crippen molar-refractivity contribution in [2.45, 2.75) is 39.2 Å². The van der Waals surface area contributed by atoms with Crippen molar-refractivity contribution in [1.82, 2.24) is 20.2 Å². The molecule has 22 heavy (non-hydrogen) atoms. The smallest absolute Gasteiger partial charge is 0.315 e. The zero-order valence-electron chi connectivity index (χ0n) is 13.2. The lowest BCUT2D eigenvalue weighted by atomic mass is 10.1. The minimum absolute atomic E-state index is 0.0250. The van der Waals surface area contributed by atoms with E-state index in [9.17, 15) is 4.79 Å². The highest BCUT2D eigenvalue weighted by Gasteiger charge is 2.09. The standard InChI is InChI=1S/C17H24N4O/c1-3-4-5-10-19-17(22)20-14(2)15-6-8-16(9-7-15)21-12-11-18-13-21/h6-9,11-14H,3-5,10H2,1-2H3,(H2,19,20,22). The molecular formula is C17H24N4O. The van der Waals surface area contributed by atoms with Crippen molar-refractivity contribution in [3.63, 3.8) is 0 Å². The van der Waals surface area contributed by atoms with Crippen LogP contribution in [0.4, 0.5) is 4.79 Å². The van der Waals surface area contributed by atoms with Crippen LogP contribution in [0.5, 0.6) is 0 Å². The Bertz CT molecular complexity index is 563. The molecule has 2 aromatic rings. The van der Waals surface area contributed by atoms with Gasteiger partial charge in [-0.05, 0) is 31.0 Å². The van der Waals surface area contributed by atoms with Crippen LogP contribution in [0.2, 0.25) is 0 Å². The summed E-state index contributed by atoms with van der Waals surface area (Å²) in [5.41, 5.74) is 2.13. The van der Waals surface area contributed by atoms with Gasteiger partial charge in [-0.2, -0.15) is 0 Å². The van der Waals surface area contributed by atoms with E-state index >= 15 is 0 Å². The minimum Gasteiger partial charge on any atom is -0.338 e. The zero-order valence-corrected chi connectivity index (χ0v) is 13.2. The molecule has 118 valence electrons. The highest BCUT2D eigenvalue weighted by molar-refractivity contribution is 5.74. The third-order valence-corrected chi connectivity index (χ3v) is 3.61. The third-order valence-electron chi connectivity index (χ3n) is 3.61. The number of rotatable bonds is 7. The molecule has 0 aliphatic rings. The van der Waals surface area contributed by atoms with Crippen LogP contribution in [0.3, 0.4) is 0 Å². The van der Waals surface area contributed by atoms with Crippen LogP contribution >= 0.6 is 0 Å². The van der Waals surface area contributed by atoms with E-state index in [0.717, 1.165) is 37.1 Å². The Morgan fingerprint density at radius 1 is 1.27 bits per heavy atom. The summed E-state index contributed by atoms with van der Waals surface area (Å²) in [6.07, 6.45) is 8.74. The second-order valence-electron chi connectivity index (χ2n) is 5.39. The average molecular weight is 300 g/mol. The number of unbranched alkanes of at least 4 members (excludes halogenated alkanes) is 2. The quantitative estimate of drug-likeness (QED) is 0.770. The van der Waals surface area contributed by atoms with Crippen molar-refractivity contribution in [3.8, 4) is 5.69 Å². The molecule has 1 aromatic heterocycles. The van der Waals surface area contributed by atoms with Gasteiger partial charge in [0.1, 0.15) is 0 Å². The van der Waals surface area contributed by atoms with Gasteiger partial charge in [-0.15, -0.1) is 0 Å². The SMILES string of the molecule is CCCCCNC(=O)NC(C)c1ccc(-n2ccnc2)cc1. The molecule has 2 rings (SSSR count). The molecular weight excluding hydrogens is 276 g/mol. The number of benzene rings is 1. The number of aromatic nitrogens is 2. The number of amides is 2. The maximum absolute atomic E-state index is 11.8. The third kappa shape index (κ3) is 4.62. The van der Waals surface area contributed by atoms with Crippen LogP contribution < -0.4 is 10.6 Å². The largest absolute Gasteiger partial charge is 0.338 e. The number of hydrogen-bond donors (Lipinski definition) is 2. The lowest BCUT2D eigenvalue weighted by Gasteiger charge is -2.15. The fourth-order valence-electron chi connectivity index (χ4n) is 2.25. The van der Waals surface area contributed by atoms with Gasteiger partial charge in [0.25, 0.3) is 0 Å². The van der Waals surface area contributed by atoms with Crippen LogP contribution in [0.15, 0.2) is 43.0 Å².